The number of nitrogen functional groups attached to an aromatic ring is 1. The van der Waals surface area contributed by atoms with Crippen LogP contribution in [-0.2, 0) is 0 Å². The van der Waals surface area contributed by atoms with Crippen LogP contribution in [-0.4, -0.2) is 0 Å². The van der Waals surface area contributed by atoms with Gasteiger partial charge in [-0.1, -0.05) is 48.7 Å². The first-order chi connectivity index (χ1) is 6.37. The molecule has 1 nitrogen and oxygen atoms in total. The van der Waals surface area contributed by atoms with Crippen molar-refractivity contribution in [3.63, 3.8) is 0 Å². The predicted octanol–water partition coefficient (Wildman–Crippen LogP) is 4.49. The lowest BCUT2D eigenvalue weighted by Crippen LogP contribution is -2.00. The summed E-state index contributed by atoms with van der Waals surface area (Å²) in [6.45, 7) is 3.75. The monoisotopic (exact) mass is 255 g/mol. The Labute approximate surface area is 96.9 Å². The third kappa shape index (κ3) is 1.79. The molecule has 0 unspecified atom stereocenters. The second kappa shape index (κ2) is 4.13. The van der Waals surface area contributed by atoms with Crippen LogP contribution in [0.2, 0.25) is 15.1 Å². The van der Waals surface area contributed by atoms with E-state index in [9.17, 15) is 4.39 Å². The van der Waals surface area contributed by atoms with E-state index in [1.165, 1.54) is 0 Å². The highest BCUT2D eigenvalue weighted by atomic mass is 35.5. The minimum atomic E-state index is -0.758. The molecule has 0 saturated heterocycles. The van der Waals surface area contributed by atoms with Crippen LogP contribution in [0.3, 0.4) is 0 Å². The van der Waals surface area contributed by atoms with Crippen molar-refractivity contribution >= 4 is 40.5 Å². The summed E-state index contributed by atoms with van der Waals surface area (Å²) in [6.07, 6.45) is 0. The summed E-state index contributed by atoms with van der Waals surface area (Å²) in [7, 11) is 0. The third-order valence-electron chi connectivity index (χ3n) is 1.91. The molecule has 0 radical (unpaired) electrons. The first-order valence-electron chi connectivity index (χ1n) is 3.99. The third-order valence-corrected chi connectivity index (χ3v) is 3.16. The van der Waals surface area contributed by atoms with Crippen molar-refractivity contribution in [3.05, 3.63) is 26.4 Å². The van der Waals surface area contributed by atoms with E-state index in [0.29, 0.717) is 5.56 Å². The van der Waals surface area contributed by atoms with E-state index >= 15 is 0 Å². The van der Waals surface area contributed by atoms with E-state index in [0.717, 1.165) is 0 Å². The van der Waals surface area contributed by atoms with Crippen LogP contribution in [0.15, 0.2) is 0 Å². The van der Waals surface area contributed by atoms with Gasteiger partial charge in [-0.2, -0.15) is 0 Å². The van der Waals surface area contributed by atoms with Crippen molar-refractivity contribution < 1.29 is 4.39 Å². The minimum absolute atomic E-state index is 0.0374. The highest BCUT2D eigenvalue weighted by molar-refractivity contribution is 6.45. The molecule has 14 heavy (non-hydrogen) atoms. The fourth-order valence-electron chi connectivity index (χ4n) is 1.18. The van der Waals surface area contributed by atoms with Crippen molar-refractivity contribution in [1.82, 2.24) is 0 Å². The molecule has 0 bridgehead atoms. The Morgan fingerprint density at radius 1 is 1.07 bits per heavy atom. The second-order valence-electron chi connectivity index (χ2n) is 3.24. The lowest BCUT2D eigenvalue weighted by molar-refractivity contribution is 0.631. The van der Waals surface area contributed by atoms with Crippen LogP contribution in [0.25, 0.3) is 0 Å². The van der Waals surface area contributed by atoms with Gasteiger partial charge in [0.15, 0.2) is 5.82 Å². The smallest absolute Gasteiger partial charge is 0.167 e. The van der Waals surface area contributed by atoms with Gasteiger partial charge >= 0.3 is 0 Å². The summed E-state index contributed by atoms with van der Waals surface area (Å²) in [4.78, 5) is 0. The van der Waals surface area contributed by atoms with E-state index in [2.05, 4.69) is 0 Å². The van der Waals surface area contributed by atoms with Crippen molar-refractivity contribution in [1.29, 1.82) is 0 Å². The zero-order valence-corrected chi connectivity index (χ0v) is 9.93. The predicted molar refractivity (Wildman–Crippen MR) is 59.9 cm³/mol. The van der Waals surface area contributed by atoms with Gasteiger partial charge in [0.2, 0.25) is 0 Å². The standard InChI is InChI=1S/C9H9Cl3FN/c1-3(2)4-5(10)7(12)8(13)9(14)6(4)11/h3H,14H2,1-2H3. The molecule has 78 valence electrons. The highest BCUT2D eigenvalue weighted by Gasteiger charge is 2.21. The Hall–Kier alpha value is -0.180. The second-order valence-corrected chi connectivity index (χ2v) is 4.37. The maximum atomic E-state index is 13.3. The van der Waals surface area contributed by atoms with Gasteiger partial charge in [-0.05, 0) is 11.5 Å². The maximum absolute atomic E-state index is 13.3. The average molecular weight is 257 g/mol. The molecule has 2 N–H and O–H groups in total. The van der Waals surface area contributed by atoms with Crippen molar-refractivity contribution in [2.45, 2.75) is 19.8 Å². The number of anilines is 1. The molecule has 0 atom stereocenters. The summed E-state index contributed by atoms with van der Waals surface area (Å²) >= 11 is 17.4. The molecule has 0 fully saturated rings. The SMILES string of the molecule is CC(C)c1c(Cl)c(N)c(F)c(Cl)c1Cl. The summed E-state index contributed by atoms with van der Waals surface area (Å²) in [6, 6.07) is 0. The molecule has 1 aromatic rings. The molecule has 0 aliphatic heterocycles. The van der Waals surface area contributed by atoms with Crippen LogP contribution in [0, 0.1) is 5.82 Å². The molecule has 0 aliphatic carbocycles. The Balaban J connectivity index is 3.60. The van der Waals surface area contributed by atoms with Gasteiger partial charge in [0.1, 0.15) is 0 Å². The molecule has 0 aromatic heterocycles. The molecule has 1 aromatic carbocycles. The molecule has 1 rings (SSSR count). The van der Waals surface area contributed by atoms with Crippen LogP contribution < -0.4 is 5.73 Å². The lowest BCUT2D eigenvalue weighted by atomic mass is 10.0. The number of nitrogens with two attached hydrogens (primary N) is 1. The molecule has 0 spiro atoms. The zero-order chi connectivity index (χ0) is 11.0. The number of benzene rings is 1. The normalized spacial score (nSPS) is 11.1. The van der Waals surface area contributed by atoms with Crippen molar-refractivity contribution in [3.8, 4) is 0 Å². The maximum Gasteiger partial charge on any atom is 0.167 e. The first-order valence-corrected chi connectivity index (χ1v) is 5.12. The molecule has 0 amide bonds. The fraction of sp³-hybridized carbons (Fsp3) is 0.333. The Morgan fingerprint density at radius 3 is 2.00 bits per heavy atom. The van der Waals surface area contributed by atoms with E-state index < -0.39 is 5.82 Å². The van der Waals surface area contributed by atoms with Crippen LogP contribution in [0.5, 0.6) is 0 Å². The molecular formula is C9H9Cl3FN. The first kappa shape index (κ1) is 11.9. The minimum Gasteiger partial charge on any atom is -0.395 e. The van der Waals surface area contributed by atoms with Gasteiger partial charge < -0.3 is 5.73 Å². The van der Waals surface area contributed by atoms with Gasteiger partial charge in [0.25, 0.3) is 0 Å². The summed E-state index contributed by atoms with van der Waals surface area (Å²) < 4.78 is 13.3. The summed E-state index contributed by atoms with van der Waals surface area (Å²) in [5.74, 6) is -0.721. The number of hydrogen-bond donors (Lipinski definition) is 1. The van der Waals surface area contributed by atoms with Crippen LogP contribution in [0.1, 0.15) is 25.3 Å². The number of halogens is 4. The van der Waals surface area contributed by atoms with Gasteiger partial charge in [0, 0.05) is 0 Å². The Kier molecular flexibility index (Phi) is 3.51. The molecule has 5 heteroatoms. The topological polar surface area (TPSA) is 26.0 Å². The lowest BCUT2D eigenvalue weighted by Gasteiger charge is -2.14. The highest BCUT2D eigenvalue weighted by Crippen LogP contribution is 2.42. The zero-order valence-electron chi connectivity index (χ0n) is 7.67. The van der Waals surface area contributed by atoms with Crippen molar-refractivity contribution in [2.24, 2.45) is 0 Å². The van der Waals surface area contributed by atoms with Gasteiger partial charge in [-0.25, -0.2) is 4.39 Å². The molecular weight excluding hydrogens is 247 g/mol. The van der Waals surface area contributed by atoms with E-state index in [-0.39, 0.29) is 26.7 Å². The molecule has 0 saturated carbocycles. The van der Waals surface area contributed by atoms with Crippen LogP contribution >= 0.6 is 34.8 Å². The summed E-state index contributed by atoms with van der Waals surface area (Å²) in [5.41, 5.74) is 5.87. The van der Waals surface area contributed by atoms with E-state index in [4.69, 9.17) is 40.5 Å². The molecule has 0 aliphatic rings. The van der Waals surface area contributed by atoms with E-state index in [1.54, 1.807) is 0 Å². The Bertz CT molecular complexity index is 348. The Morgan fingerprint density at radius 2 is 1.57 bits per heavy atom. The van der Waals surface area contributed by atoms with Gasteiger partial charge in [-0.15, -0.1) is 0 Å². The van der Waals surface area contributed by atoms with Gasteiger partial charge in [-0.3, -0.25) is 0 Å². The fourth-order valence-corrected chi connectivity index (χ4v) is 2.22. The average Bonchev–Trinajstić information content (AvgIpc) is 2.11. The number of rotatable bonds is 1. The largest absolute Gasteiger partial charge is 0.395 e. The van der Waals surface area contributed by atoms with Gasteiger partial charge in [0.05, 0.1) is 20.8 Å². The van der Waals surface area contributed by atoms with Crippen molar-refractivity contribution in [2.75, 3.05) is 5.73 Å². The van der Waals surface area contributed by atoms with Crippen LogP contribution in [0.4, 0.5) is 10.1 Å². The van der Waals surface area contributed by atoms with E-state index in [1.807, 2.05) is 13.8 Å². The summed E-state index contributed by atoms with van der Waals surface area (Å²) in [5, 5.41) is 0.113. The number of hydrogen-bond acceptors (Lipinski definition) is 1. The quantitative estimate of drug-likeness (QED) is 0.447. The molecule has 0 heterocycles.